The third-order valence-corrected chi connectivity index (χ3v) is 1.71. The Morgan fingerprint density at radius 2 is 2.13 bits per heavy atom. The van der Waals surface area contributed by atoms with E-state index in [9.17, 15) is 18.0 Å². The van der Waals surface area contributed by atoms with E-state index in [-0.39, 0.29) is 5.69 Å². The lowest BCUT2D eigenvalue weighted by molar-refractivity contribution is -0.164. The van der Waals surface area contributed by atoms with Crippen LogP contribution >= 0.6 is 0 Å². The third-order valence-electron chi connectivity index (χ3n) is 1.71. The molecule has 1 unspecified atom stereocenters. The number of rotatable bonds is 3. The Morgan fingerprint density at radius 1 is 1.47 bits per heavy atom. The fourth-order valence-electron chi connectivity index (χ4n) is 1.05. The highest BCUT2D eigenvalue weighted by atomic mass is 19.4. The number of nitrogens with zero attached hydrogens (tertiary/aromatic N) is 2. The SMILES string of the molecule is O=C(O)CC(c1cnccn1)C(F)(F)F. The maximum Gasteiger partial charge on any atom is 0.397 e. The van der Waals surface area contributed by atoms with E-state index in [2.05, 4.69) is 9.97 Å². The number of aliphatic carboxylic acids is 1. The summed E-state index contributed by atoms with van der Waals surface area (Å²) in [6.07, 6.45) is -2.44. The molecule has 0 bridgehead atoms. The van der Waals surface area contributed by atoms with Gasteiger partial charge in [0.15, 0.2) is 0 Å². The highest BCUT2D eigenvalue weighted by molar-refractivity contribution is 5.68. The number of carboxylic acids is 1. The van der Waals surface area contributed by atoms with Gasteiger partial charge in [0, 0.05) is 18.6 Å². The number of alkyl halides is 3. The second-order valence-electron chi connectivity index (χ2n) is 2.82. The minimum atomic E-state index is -4.63. The molecule has 0 radical (unpaired) electrons. The van der Waals surface area contributed by atoms with Gasteiger partial charge in [0.05, 0.1) is 12.1 Å². The van der Waals surface area contributed by atoms with Crippen molar-refractivity contribution in [1.82, 2.24) is 9.97 Å². The van der Waals surface area contributed by atoms with E-state index in [1.54, 1.807) is 0 Å². The van der Waals surface area contributed by atoms with Crippen molar-refractivity contribution in [3.05, 3.63) is 24.3 Å². The normalized spacial score (nSPS) is 13.5. The molecule has 1 atom stereocenters. The summed E-state index contributed by atoms with van der Waals surface area (Å²) in [5.74, 6) is -3.63. The highest BCUT2D eigenvalue weighted by Crippen LogP contribution is 2.35. The summed E-state index contributed by atoms with van der Waals surface area (Å²) in [6.45, 7) is 0. The van der Waals surface area contributed by atoms with Crippen LogP contribution in [-0.4, -0.2) is 27.2 Å². The lowest BCUT2D eigenvalue weighted by Crippen LogP contribution is -2.24. The molecule has 0 aliphatic carbocycles. The van der Waals surface area contributed by atoms with E-state index in [0.717, 1.165) is 12.4 Å². The summed E-state index contributed by atoms with van der Waals surface area (Å²) in [7, 11) is 0. The smallest absolute Gasteiger partial charge is 0.397 e. The molecule has 0 amide bonds. The van der Waals surface area contributed by atoms with Crippen LogP contribution in [0.4, 0.5) is 13.2 Å². The van der Waals surface area contributed by atoms with Gasteiger partial charge in [-0.2, -0.15) is 13.2 Å². The highest BCUT2D eigenvalue weighted by Gasteiger charge is 2.43. The molecular formula is C8H7F3N2O2. The number of halogens is 3. The Hall–Kier alpha value is -1.66. The van der Waals surface area contributed by atoms with Crippen LogP contribution in [0.3, 0.4) is 0 Å². The standard InChI is InChI=1S/C8H7F3N2O2/c9-8(10,11)5(3-7(14)15)6-4-12-1-2-13-6/h1-2,4-5H,3H2,(H,14,15). The summed E-state index contributed by atoms with van der Waals surface area (Å²) in [5, 5.41) is 8.36. The van der Waals surface area contributed by atoms with Gasteiger partial charge in [-0.25, -0.2) is 0 Å². The van der Waals surface area contributed by atoms with E-state index in [1.165, 1.54) is 6.20 Å². The number of carbonyl (C=O) groups is 1. The van der Waals surface area contributed by atoms with Gasteiger partial charge in [-0.15, -0.1) is 0 Å². The van der Waals surface area contributed by atoms with Crippen molar-refractivity contribution in [3.8, 4) is 0 Å². The lowest BCUT2D eigenvalue weighted by atomic mass is 10.0. The van der Waals surface area contributed by atoms with E-state index in [1.807, 2.05) is 0 Å². The van der Waals surface area contributed by atoms with Crippen molar-refractivity contribution in [1.29, 1.82) is 0 Å². The summed E-state index contributed by atoms with van der Waals surface area (Å²) in [5.41, 5.74) is -0.382. The fourth-order valence-corrected chi connectivity index (χ4v) is 1.05. The topological polar surface area (TPSA) is 63.1 Å². The largest absolute Gasteiger partial charge is 0.481 e. The Morgan fingerprint density at radius 3 is 2.53 bits per heavy atom. The van der Waals surface area contributed by atoms with Gasteiger partial charge in [0.25, 0.3) is 0 Å². The van der Waals surface area contributed by atoms with Gasteiger partial charge in [0.2, 0.25) is 0 Å². The summed E-state index contributed by atoms with van der Waals surface area (Å²) in [6, 6.07) is 0. The molecule has 0 aromatic carbocycles. The molecule has 1 aromatic rings. The number of carboxylic acid groups (broad SMARTS) is 1. The van der Waals surface area contributed by atoms with Gasteiger partial charge in [-0.05, 0) is 0 Å². The minimum absolute atomic E-state index is 0.382. The first-order valence-corrected chi connectivity index (χ1v) is 3.95. The van der Waals surface area contributed by atoms with Crippen molar-refractivity contribution in [2.75, 3.05) is 0 Å². The molecule has 82 valence electrons. The Balaban J connectivity index is 2.97. The molecule has 1 N–H and O–H groups in total. The zero-order chi connectivity index (χ0) is 11.5. The maximum absolute atomic E-state index is 12.4. The second kappa shape index (κ2) is 4.24. The molecule has 0 saturated heterocycles. The first-order chi connectivity index (χ1) is 6.91. The molecule has 1 aromatic heterocycles. The van der Waals surface area contributed by atoms with Crippen LogP contribution in [0.25, 0.3) is 0 Å². The summed E-state index contributed by atoms with van der Waals surface area (Å²) < 4.78 is 37.3. The average molecular weight is 220 g/mol. The van der Waals surface area contributed by atoms with Crippen molar-refractivity contribution in [2.24, 2.45) is 0 Å². The number of hydrogen-bond donors (Lipinski definition) is 1. The molecule has 0 aliphatic rings. The van der Waals surface area contributed by atoms with Gasteiger partial charge in [0.1, 0.15) is 5.92 Å². The van der Waals surface area contributed by atoms with E-state index in [0.29, 0.717) is 0 Å². The molecule has 7 heteroatoms. The first kappa shape index (κ1) is 11.4. The Bertz CT molecular complexity index is 339. The Labute approximate surface area is 82.8 Å². The van der Waals surface area contributed by atoms with Crippen LogP contribution in [-0.2, 0) is 4.79 Å². The lowest BCUT2D eigenvalue weighted by Gasteiger charge is -2.17. The van der Waals surface area contributed by atoms with Crippen LogP contribution in [0.15, 0.2) is 18.6 Å². The predicted octanol–water partition coefficient (Wildman–Crippen LogP) is 1.60. The van der Waals surface area contributed by atoms with Crippen LogP contribution in [0.5, 0.6) is 0 Å². The quantitative estimate of drug-likeness (QED) is 0.840. The summed E-state index contributed by atoms with van der Waals surface area (Å²) >= 11 is 0. The average Bonchev–Trinajstić information content (AvgIpc) is 2.14. The van der Waals surface area contributed by atoms with Gasteiger partial charge < -0.3 is 5.11 Å². The Kier molecular flexibility index (Phi) is 3.23. The molecule has 0 fully saturated rings. The van der Waals surface area contributed by atoms with Crippen molar-refractivity contribution >= 4 is 5.97 Å². The van der Waals surface area contributed by atoms with Crippen LogP contribution in [0, 0.1) is 0 Å². The van der Waals surface area contributed by atoms with Crippen molar-refractivity contribution in [2.45, 2.75) is 18.5 Å². The minimum Gasteiger partial charge on any atom is -0.481 e. The van der Waals surface area contributed by atoms with Crippen molar-refractivity contribution in [3.63, 3.8) is 0 Å². The molecular weight excluding hydrogens is 213 g/mol. The molecule has 0 saturated carbocycles. The predicted molar refractivity (Wildman–Crippen MR) is 43.1 cm³/mol. The maximum atomic E-state index is 12.4. The zero-order valence-corrected chi connectivity index (χ0v) is 7.40. The number of aromatic nitrogens is 2. The third kappa shape index (κ3) is 3.19. The first-order valence-electron chi connectivity index (χ1n) is 3.95. The van der Waals surface area contributed by atoms with E-state index in [4.69, 9.17) is 5.11 Å². The molecule has 1 rings (SSSR count). The van der Waals surface area contributed by atoms with Gasteiger partial charge in [-0.3, -0.25) is 14.8 Å². The molecule has 0 aliphatic heterocycles. The number of hydrogen-bond acceptors (Lipinski definition) is 3. The monoisotopic (exact) mass is 220 g/mol. The molecule has 0 spiro atoms. The summed E-state index contributed by atoms with van der Waals surface area (Å²) in [4.78, 5) is 17.2. The van der Waals surface area contributed by atoms with Crippen LogP contribution in [0.1, 0.15) is 18.0 Å². The van der Waals surface area contributed by atoms with E-state index >= 15 is 0 Å². The van der Waals surface area contributed by atoms with Crippen molar-refractivity contribution < 1.29 is 23.1 Å². The zero-order valence-electron chi connectivity index (χ0n) is 7.40. The van der Waals surface area contributed by atoms with Crippen LogP contribution in [0.2, 0.25) is 0 Å². The van der Waals surface area contributed by atoms with Gasteiger partial charge >= 0.3 is 12.1 Å². The molecule has 4 nitrogen and oxygen atoms in total. The molecule has 15 heavy (non-hydrogen) atoms. The molecule has 1 heterocycles. The van der Waals surface area contributed by atoms with E-state index < -0.39 is 24.5 Å². The van der Waals surface area contributed by atoms with Gasteiger partial charge in [-0.1, -0.05) is 0 Å². The second-order valence-corrected chi connectivity index (χ2v) is 2.82. The fraction of sp³-hybridized carbons (Fsp3) is 0.375. The van der Waals surface area contributed by atoms with Crippen LogP contribution < -0.4 is 0 Å².